The van der Waals surface area contributed by atoms with Crippen LogP contribution in [0.5, 0.6) is 0 Å². The van der Waals surface area contributed by atoms with Gasteiger partial charge in [0, 0.05) is 17.6 Å². The number of benzene rings is 1. The molecule has 5 heteroatoms. The Kier molecular flexibility index (Phi) is 4.41. The van der Waals surface area contributed by atoms with Crippen molar-refractivity contribution in [3.05, 3.63) is 48.7 Å². The van der Waals surface area contributed by atoms with Crippen LogP contribution in [0.2, 0.25) is 0 Å². The van der Waals surface area contributed by atoms with Crippen molar-refractivity contribution in [1.82, 2.24) is 4.98 Å². The highest BCUT2D eigenvalue weighted by molar-refractivity contribution is 8.00. The minimum Gasteiger partial charge on any atom is -0.399 e. The zero-order chi connectivity index (χ0) is 13.7. The summed E-state index contributed by atoms with van der Waals surface area (Å²) in [5, 5.41) is 3.47. The van der Waals surface area contributed by atoms with Gasteiger partial charge in [-0.25, -0.2) is 4.98 Å². The zero-order valence-electron chi connectivity index (χ0n) is 10.5. The van der Waals surface area contributed by atoms with Gasteiger partial charge in [0.2, 0.25) is 5.91 Å². The van der Waals surface area contributed by atoms with Crippen molar-refractivity contribution in [1.29, 1.82) is 0 Å². The monoisotopic (exact) mass is 273 g/mol. The van der Waals surface area contributed by atoms with Crippen molar-refractivity contribution in [2.45, 2.75) is 17.2 Å². The topological polar surface area (TPSA) is 68.0 Å². The quantitative estimate of drug-likeness (QED) is 0.664. The first kappa shape index (κ1) is 13.4. The van der Waals surface area contributed by atoms with Gasteiger partial charge in [0.05, 0.1) is 10.3 Å². The lowest BCUT2D eigenvalue weighted by Gasteiger charge is -2.11. The van der Waals surface area contributed by atoms with Gasteiger partial charge in [0.15, 0.2) is 0 Å². The second kappa shape index (κ2) is 6.24. The van der Waals surface area contributed by atoms with Crippen LogP contribution < -0.4 is 11.1 Å². The van der Waals surface area contributed by atoms with Gasteiger partial charge in [0.1, 0.15) is 0 Å². The van der Waals surface area contributed by atoms with Gasteiger partial charge in [-0.1, -0.05) is 17.8 Å². The van der Waals surface area contributed by atoms with Crippen LogP contribution in [0.4, 0.5) is 11.4 Å². The number of anilines is 2. The Morgan fingerprint density at radius 1 is 1.26 bits per heavy atom. The number of hydrogen-bond donors (Lipinski definition) is 2. The average Bonchev–Trinajstić information content (AvgIpc) is 2.42. The Balaban J connectivity index is 1.94. The van der Waals surface area contributed by atoms with E-state index in [2.05, 4.69) is 10.3 Å². The molecule has 0 fully saturated rings. The first-order chi connectivity index (χ1) is 9.15. The fourth-order valence-corrected chi connectivity index (χ4v) is 2.27. The van der Waals surface area contributed by atoms with Crippen LogP contribution in [0.3, 0.4) is 0 Å². The van der Waals surface area contributed by atoms with Gasteiger partial charge >= 0.3 is 0 Å². The van der Waals surface area contributed by atoms with Crippen molar-refractivity contribution in [2.24, 2.45) is 0 Å². The molecule has 0 saturated carbocycles. The van der Waals surface area contributed by atoms with Gasteiger partial charge in [-0.3, -0.25) is 4.79 Å². The summed E-state index contributed by atoms with van der Waals surface area (Å²) in [6.07, 6.45) is 1.72. The van der Waals surface area contributed by atoms with E-state index in [-0.39, 0.29) is 11.2 Å². The molecule has 0 radical (unpaired) electrons. The molecule has 0 spiro atoms. The highest BCUT2D eigenvalue weighted by Gasteiger charge is 2.14. The standard InChI is InChI=1S/C14H15N3OS/c1-10(19-13-4-2-3-9-16-13)14(18)17-12-7-5-11(15)6-8-12/h2-10H,15H2,1H3,(H,17,18). The molecule has 4 nitrogen and oxygen atoms in total. The zero-order valence-corrected chi connectivity index (χ0v) is 11.4. The van der Waals surface area contributed by atoms with E-state index in [9.17, 15) is 4.79 Å². The molecule has 0 saturated heterocycles. The third-order valence-electron chi connectivity index (χ3n) is 2.48. The smallest absolute Gasteiger partial charge is 0.237 e. The number of thioether (sulfide) groups is 1. The number of amides is 1. The summed E-state index contributed by atoms with van der Waals surface area (Å²) in [5.41, 5.74) is 7.01. The molecule has 1 unspecified atom stereocenters. The largest absolute Gasteiger partial charge is 0.399 e. The minimum atomic E-state index is -0.215. The average molecular weight is 273 g/mol. The number of carbonyl (C=O) groups excluding carboxylic acids is 1. The summed E-state index contributed by atoms with van der Waals surface area (Å²) >= 11 is 1.43. The summed E-state index contributed by atoms with van der Waals surface area (Å²) in [7, 11) is 0. The number of nitrogens with one attached hydrogen (secondary N) is 1. The van der Waals surface area contributed by atoms with Crippen LogP contribution in [-0.2, 0) is 4.79 Å². The number of pyridine rings is 1. The molecule has 98 valence electrons. The predicted octanol–water partition coefficient (Wildman–Crippen LogP) is 2.78. The number of hydrogen-bond acceptors (Lipinski definition) is 4. The van der Waals surface area contributed by atoms with Gasteiger partial charge in [0.25, 0.3) is 0 Å². The number of nitrogens with zero attached hydrogens (tertiary/aromatic N) is 1. The maximum absolute atomic E-state index is 12.0. The molecule has 1 aromatic heterocycles. The van der Waals surface area contributed by atoms with Crippen LogP contribution in [0.1, 0.15) is 6.92 Å². The van der Waals surface area contributed by atoms with Crippen LogP contribution in [0, 0.1) is 0 Å². The van der Waals surface area contributed by atoms with Gasteiger partial charge in [-0.15, -0.1) is 0 Å². The van der Waals surface area contributed by atoms with E-state index in [0.717, 1.165) is 10.7 Å². The summed E-state index contributed by atoms with van der Waals surface area (Å²) in [6, 6.07) is 12.7. The van der Waals surface area contributed by atoms with E-state index in [1.54, 1.807) is 30.5 Å². The summed E-state index contributed by atoms with van der Waals surface area (Å²) < 4.78 is 0. The highest BCUT2D eigenvalue weighted by atomic mass is 32.2. The van der Waals surface area contributed by atoms with Gasteiger partial charge < -0.3 is 11.1 Å². The second-order valence-electron chi connectivity index (χ2n) is 4.04. The lowest BCUT2D eigenvalue weighted by molar-refractivity contribution is -0.115. The maximum atomic E-state index is 12.0. The van der Waals surface area contributed by atoms with E-state index in [1.807, 2.05) is 25.1 Å². The van der Waals surface area contributed by atoms with E-state index in [4.69, 9.17) is 5.73 Å². The lowest BCUT2D eigenvalue weighted by Crippen LogP contribution is -2.22. The Bertz CT molecular complexity index is 542. The fraction of sp³-hybridized carbons (Fsp3) is 0.143. The first-order valence-electron chi connectivity index (χ1n) is 5.89. The molecule has 1 heterocycles. The molecular formula is C14H15N3OS. The lowest BCUT2D eigenvalue weighted by atomic mass is 10.3. The molecule has 1 amide bonds. The van der Waals surface area contributed by atoms with E-state index in [0.29, 0.717) is 5.69 Å². The Morgan fingerprint density at radius 3 is 2.63 bits per heavy atom. The molecule has 0 aliphatic rings. The molecule has 19 heavy (non-hydrogen) atoms. The SMILES string of the molecule is CC(Sc1ccccn1)C(=O)Nc1ccc(N)cc1. The molecule has 1 atom stereocenters. The summed E-state index contributed by atoms with van der Waals surface area (Å²) in [5.74, 6) is -0.0552. The molecule has 3 N–H and O–H groups in total. The van der Waals surface area contributed by atoms with E-state index in [1.165, 1.54) is 11.8 Å². The molecule has 0 bridgehead atoms. The van der Waals surface area contributed by atoms with Crippen molar-refractivity contribution < 1.29 is 4.79 Å². The number of rotatable bonds is 4. The van der Waals surface area contributed by atoms with Crippen LogP contribution in [0.25, 0.3) is 0 Å². The van der Waals surface area contributed by atoms with Crippen molar-refractivity contribution >= 4 is 29.0 Å². The minimum absolute atomic E-state index is 0.0552. The van der Waals surface area contributed by atoms with Crippen LogP contribution in [0.15, 0.2) is 53.7 Å². The highest BCUT2D eigenvalue weighted by Crippen LogP contribution is 2.21. The Morgan fingerprint density at radius 2 is 2.00 bits per heavy atom. The van der Waals surface area contributed by atoms with Crippen LogP contribution in [-0.4, -0.2) is 16.1 Å². The number of nitrogen functional groups attached to an aromatic ring is 1. The predicted molar refractivity (Wildman–Crippen MR) is 79.0 cm³/mol. The third-order valence-corrected chi connectivity index (χ3v) is 3.53. The molecule has 1 aromatic carbocycles. The van der Waals surface area contributed by atoms with Crippen molar-refractivity contribution in [3.63, 3.8) is 0 Å². The van der Waals surface area contributed by atoms with E-state index < -0.39 is 0 Å². The van der Waals surface area contributed by atoms with Crippen molar-refractivity contribution in [2.75, 3.05) is 11.1 Å². The summed E-state index contributed by atoms with van der Waals surface area (Å²) in [4.78, 5) is 16.2. The number of carbonyl (C=O) groups is 1. The van der Waals surface area contributed by atoms with Crippen molar-refractivity contribution in [3.8, 4) is 0 Å². The molecule has 2 rings (SSSR count). The molecule has 2 aromatic rings. The maximum Gasteiger partial charge on any atom is 0.237 e. The van der Waals surface area contributed by atoms with Gasteiger partial charge in [-0.05, 0) is 43.3 Å². The second-order valence-corrected chi connectivity index (χ2v) is 5.40. The summed E-state index contributed by atoms with van der Waals surface area (Å²) in [6.45, 7) is 1.85. The molecule has 0 aliphatic heterocycles. The molecule has 0 aliphatic carbocycles. The third kappa shape index (κ3) is 3.99. The van der Waals surface area contributed by atoms with Crippen LogP contribution >= 0.6 is 11.8 Å². The first-order valence-corrected chi connectivity index (χ1v) is 6.77. The van der Waals surface area contributed by atoms with E-state index >= 15 is 0 Å². The fourth-order valence-electron chi connectivity index (χ4n) is 1.46. The van der Waals surface area contributed by atoms with Gasteiger partial charge in [-0.2, -0.15) is 0 Å². The Labute approximate surface area is 116 Å². The molecular weight excluding hydrogens is 258 g/mol. The number of nitrogens with two attached hydrogens (primary N) is 1. The normalized spacial score (nSPS) is 11.8. The Hall–Kier alpha value is -2.01. The number of aromatic nitrogens is 1.